The van der Waals surface area contributed by atoms with Crippen LogP contribution in [-0.2, 0) is 4.74 Å². The quantitative estimate of drug-likeness (QED) is 0.400. The highest BCUT2D eigenvalue weighted by atomic mass is 16.5. The Kier molecular flexibility index (Phi) is 7.52. The molecular formula is C25H34N6O3. The van der Waals surface area contributed by atoms with E-state index in [1.165, 1.54) is 25.6 Å². The van der Waals surface area contributed by atoms with Gasteiger partial charge >= 0.3 is 6.09 Å². The molecule has 1 aromatic carbocycles. The van der Waals surface area contributed by atoms with E-state index in [1.807, 2.05) is 19.1 Å². The largest absolute Gasteiger partial charge is 0.508 e. The van der Waals surface area contributed by atoms with E-state index in [0.29, 0.717) is 23.8 Å². The van der Waals surface area contributed by atoms with E-state index in [2.05, 4.69) is 39.5 Å². The zero-order valence-electron chi connectivity index (χ0n) is 20.2. The van der Waals surface area contributed by atoms with E-state index in [-0.39, 0.29) is 11.7 Å². The smallest absolute Gasteiger partial charge is 0.411 e. The SMILES string of the molecule is Cc1ccc(Nc2ncnn3cc(NC(=O)OCCCN4CCCCC4)c(C(C)C)c23)cc1O. The number of phenolic OH excluding ortho intramolecular Hbond substituents is 1. The number of aryl methyl sites for hydroxylation is 1. The van der Waals surface area contributed by atoms with Crippen molar-refractivity contribution in [1.29, 1.82) is 0 Å². The van der Waals surface area contributed by atoms with E-state index in [9.17, 15) is 9.90 Å². The zero-order chi connectivity index (χ0) is 24.1. The van der Waals surface area contributed by atoms with E-state index in [0.717, 1.165) is 42.7 Å². The van der Waals surface area contributed by atoms with Crippen molar-refractivity contribution in [2.75, 3.05) is 36.9 Å². The molecule has 0 aliphatic carbocycles. The molecule has 1 aliphatic heterocycles. The number of fused-ring (bicyclic) bond motifs is 1. The second-order valence-electron chi connectivity index (χ2n) is 9.16. The number of piperidine rings is 1. The molecule has 182 valence electrons. The molecular weight excluding hydrogens is 432 g/mol. The summed E-state index contributed by atoms with van der Waals surface area (Å²) >= 11 is 0. The minimum absolute atomic E-state index is 0.0948. The first kappa shape index (κ1) is 23.8. The predicted molar refractivity (Wildman–Crippen MR) is 133 cm³/mol. The van der Waals surface area contributed by atoms with Crippen molar-refractivity contribution in [2.24, 2.45) is 0 Å². The maximum absolute atomic E-state index is 12.5. The maximum atomic E-state index is 12.5. The van der Waals surface area contributed by atoms with Crippen LogP contribution in [0.15, 0.2) is 30.7 Å². The summed E-state index contributed by atoms with van der Waals surface area (Å²) in [5, 5.41) is 20.6. The molecule has 3 aromatic rings. The molecule has 2 aromatic heterocycles. The lowest BCUT2D eigenvalue weighted by molar-refractivity contribution is 0.148. The number of likely N-dealkylation sites (tertiary alicyclic amines) is 1. The number of phenols is 1. The van der Waals surface area contributed by atoms with Gasteiger partial charge < -0.3 is 20.1 Å². The van der Waals surface area contributed by atoms with Gasteiger partial charge in [0, 0.05) is 23.9 Å². The first-order valence-corrected chi connectivity index (χ1v) is 12.0. The fourth-order valence-electron chi connectivity index (χ4n) is 4.42. The Morgan fingerprint density at radius 3 is 2.76 bits per heavy atom. The number of hydrogen-bond donors (Lipinski definition) is 3. The molecule has 1 fully saturated rings. The maximum Gasteiger partial charge on any atom is 0.411 e. The summed E-state index contributed by atoms with van der Waals surface area (Å²) in [7, 11) is 0. The molecule has 34 heavy (non-hydrogen) atoms. The Hall–Kier alpha value is -3.33. The Morgan fingerprint density at radius 2 is 2.03 bits per heavy atom. The lowest BCUT2D eigenvalue weighted by Gasteiger charge is -2.26. The number of aromatic nitrogens is 3. The third kappa shape index (κ3) is 5.59. The van der Waals surface area contributed by atoms with E-state index in [4.69, 9.17) is 4.74 Å². The number of carbonyl (C=O) groups is 1. The number of benzene rings is 1. The number of aromatic hydroxyl groups is 1. The number of nitrogens with zero attached hydrogens (tertiary/aromatic N) is 4. The van der Waals surface area contributed by atoms with Gasteiger partial charge in [0.2, 0.25) is 0 Å². The summed E-state index contributed by atoms with van der Waals surface area (Å²) < 4.78 is 7.15. The van der Waals surface area contributed by atoms with Gasteiger partial charge in [-0.1, -0.05) is 26.3 Å². The van der Waals surface area contributed by atoms with Gasteiger partial charge in [-0.3, -0.25) is 5.32 Å². The topological polar surface area (TPSA) is 104 Å². The van der Waals surface area contributed by atoms with Gasteiger partial charge in [0.1, 0.15) is 17.6 Å². The molecule has 4 rings (SSSR count). The number of nitrogens with one attached hydrogen (secondary N) is 2. The molecule has 0 radical (unpaired) electrons. The number of anilines is 3. The van der Waals surface area contributed by atoms with Crippen LogP contribution < -0.4 is 10.6 Å². The molecule has 9 nitrogen and oxygen atoms in total. The highest BCUT2D eigenvalue weighted by molar-refractivity contribution is 5.91. The van der Waals surface area contributed by atoms with E-state index < -0.39 is 6.09 Å². The van der Waals surface area contributed by atoms with Crippen molar-refractivity contribution in [1.82, 2.24) is 19.5 Å². The summed E-state index contributed by atoms with van der Waals surface area (Å²) in [6.45, 7) is 9.58. The summed E-state index contributed by atoms with van der Waals surface area (Å²) in [4.78, 5) is 19.4. The number of amides is 1. The van der Waals surface area contributed by atoms with Gasteiger partial charge in [0.05, 0.1) is 18.5 Å². The van der Waals surface area contributed by atoms with Crippen LogP contribution in [0.5, 0.6) is 5.75 Å². The van der Waals surface area contributed by atoms with Crippen LogP contribution in [0, 0.1) is 6.92 Å². The Bertz CT molecular complexity index is 1140. The van der Waals surface area contributed by atoms with Crippen molar-refractivity contribution in [3.8, 4) is 5.75 Å². The van der Waals surface area contributed by atoms with Crippen molar-refractivity contribution in [3.05, 3.63) is 41.9 Å². The second kappa shape index (κ2) is 10.7. The molecule has 3 N–H and O–H groups in total. The standard InChI is InChI=1S/C25H34N6O3/c1-17(2)22-20(29-25(33)34-13-7-12-30-10-5-4-6-11-30)15-31-23(22)24(26-16-27-31)28-19-9-8-18(3)21(32)14-19/h8-9,14-17,32H,4-7,10-13H2,1-3H3,(H,29,33)(H,26,27,28). The first-order valence-electron chi connectivity index (χ1n) is 12.0. The van der Waals surface area contributed by atoms with Crippen LogP contribution in [-0.4, -0.2) is 56.9 Å². The van der Waals surface area contributed by atoms with Gasteiger partial charge in [-0.25, -0.2) is 14.3 Å². The van der Waals surface area contributed by atoms with Crippen molar-refractivity contribution >= 4 is 28.8 Å². The summed E-state index contributed by atoms with van der Waals surface area (Å²) in [5.74, 6) is 0.891. The third-order valence-corrected chi connectivity index (χ3v) is 6.20. The molecule has 0 unspecified atom stereocenters. The summed E-state index contributed by atoms with van der Waals surface area (Å²) in [6, 6.07) is 5.38. The lowest BCUT2D eigenvalue weighted by Crippen LogP contribution is -2.31. The molecule has 9 heteroatoms. The monoisotopic (exact) mass is 466 g/mol. The van der Waals surface area contributed by atoms with Crippen molar-refractivity contribution in [3.63, 3.8) is 0 Å². The number of carbonyl (C=O) groups excluding carboxylic acids is 1. The third-order valence-electron chi connectivity index (χ3n) is 6.20. The van der Waals surface area contributed by atoms with Crippen LogP contribution in [0.2, 0.25) is 0 Å². The molecule has 1 aliphatic rings. The van der Waals surface area contributed by atoms with Gasteiger partial charge in [-0.05, 0) is 56.8 Å². The highest BCUT2D eigenvalue weighted by Crippen LogP contribution is 2.35. The first-order chi connectivity index (χ1) is 16.4. The van der Waals surface area contributed by atoms with Gasteiger partial charge in [0.25, 0.3) is 0 Å². The van der Waals surface area contributed by atoms with Crippen LogP contribution in [0.3, 0.4) is 0 Å². The zero-order valence-corrected chi connectivity index (χ0v) is 20.2. The molecule has 1 saturated heterocycles. The average molecular weight is 467 g/mol. The molecule has 0 atom stereocenters. The molecule has 3 heterocycles. The van der Waals surface area contributed by atoms with Crippen molar-refractivity contribution in [2.45, 2.75) is 52.4 Å². The fraction of sp³-hybridized carbons (Fsp3) is 0.480. The minimum atomic E-state index is -0.470. The summed E-state index contributed by atoms with van der Waals surface area (Å²) in [6.07, 6.45) is 7.41. The normalized spacial score (nSPS) is 14.5. The number of ether oxygens (including phenoxy) is 1. The fourth-order valence-corrected chi connectivity index (χ4v) is 4.42. The minimum Gasteiger partial charge on any atom is -0.508 e. The Morgan fingerprint density at radius 1 is 1.24 bits per heavy atom. The number of rotatable bonds is 8. The van der Waals surface area contributed by atoms with Crippen LogP contribution >= 0.6 is 0 Å². The van der Waals surface area contributed by atoms with Crippen LogP contribution in [0.25, 0.3) is 5.52 Å². The predicted octanol–water partition coefficient (Wildman–Crippen LogP) is 5.03. The average Bonchev–Trinajstić information content (AvgIpc) is 3.19. The van der Waals surface area contributed by atoms with E-state index in [1.54, 1.807) is 16.8 Å². The molecule has 0 saturated carbocycles. The summed E-state index contributed by atoms with van der Waals surface area (Å²) in [5.41, 5.74) is 3.82. The second-order valence-corrected chi connectivity index (χ2v) is 9.16. The number of hydrogen-bond acceptors (Lipinski definition) is 7. The highest BCUT2D eigenvalue weighted by Gasteiger charge is 2.21. The van der Waals surface area contributed by atoms with E-state index >= 15 is 0 Å². The van der Waals surface area contributed by atoms with Gasteiger partial charge in [0.15, 0.2) is 5.82 Å². The molecule has 0 bridgehead atoms. The Labute approximate surface area is 200 Å². The molecule has 1 amide bonds. The Balaban J connectivity index is 1.47. The lowest BCUT2D eigenvalue weighted by atomic mass is 10.0. The van der Waals surface area contributed by atoms with Gasteiger partial charge in [-0.2, -0.15) is 5.10 Å². The van der Waals surface area contributed by atoms with Crippen LogP contribution in [0.1, 0.15) is 56.6 Å². The molecule has 0 spiro atoms. The van der Waals surface area contributed by atoms with Crippen LogP contribution in [0.4, 0.5) is 22.0 Å². The van der Waals surface area contributed by atoms with Crippen molar-refractivity contribution < 1.29 is 14.6 Å². The van der Waals surface area contributed by atoms with Gasteiger partial charge in [-0.15, -0.1) is 0 Å².